The Bertz CT molecular complexity index is 297. The molecule has 0 aliphatic heterocycles. The number of hydrogen-bond donors (Lipinski definition) is 3. The summed E-state index contributed by atoms with van der Waals surface area (Å²) in [7, 11) is 0. The van der Waals surface area contributed by atoms with Gasteiger partial charge >= 0.3 is 0 Å². The lowest BCUT2D eigenvalue weighted by Gasteiger charge is -2.17. The molecule has 0 radical (unpaired) electrons. The molecule has 0 aliphatic rings. The maximum atomic E-state index is 9.67. The minimum atomic E-state index is -0.716. The van der Waals surface area contributed by atoms with Crippen LogP contribution in [0.4, 0.5) is 0 Å². The van der Waals surface area contributed by atoms with E-state index < -0.39 is 6.10 Å². The first-order chi connectivity index (χ1) is 6.04. The zero-order valence-electron chi connectivity index (χ0n) is 7.86. The molecule has 3 heteroatoms. The van der Waals surface area contributed by atoms with E-state index in [-0.39, 0.29) is 11.8 Å². The van der Waals surface area contributed by atoms with Gasteiger partial charge in [-0.15, -0.1) is 0 Å². The zero-order valence-corrected chi connectivity index (χ0v) is 7.86. The van der Waals surface area contributed by atoms with E-state index >= 15 is 0 Å². The van der Waals surface area contributed by atoms with Crippen molar-refractivity contribution in [1.29, 1.82) is 0 Å². The summed E-state index contributed by atoms with van der Waals surface area (Å²) in [6, 6.07) is 4.72. The highest BCUT2D eigenvalue weighted by molar-refractivity contribution is 5.39. The monoisotopic (exact) mass is 181 g/mol. The van der Waals surface area contributed by atoms with Crippen LogP contribution in [0.3, 0.4) is 0 Å². The molecule has 1 rings (SSSR count). The number of aliphatic hydroxyl groups is 1. The van der Waals surface area contributed by atoms with Gasteiger partial charge in [0, 0.05) is 6.04 Å². The highest BCUT2D eigenvalue weighted by Crippen LogP contribution is 2.25. The van der Waals surface area contributed by atoms with Crippen molar-refractivity contribution in [2.75, 3.05) is 0 Å². The van der Waals surface area contributed by atoms with E-state index in [1.54, 1.807) is 32.0 Å². The molecule has 13 heavy (non-hydrogen) atoms. The van der Waals surface area contributed by atoms with E-state index in [2.05, 4.69) is 0 Å². The molecule has 1 aromatic carbocycles. The van der Waals surface area contributed by atoms with Crippen LogP contribution in [-0.4, -0.2) is 16.3 Å². The Balaban J connectivity index is 3.07. The molecular formula is C10H15NO2. The van der Waals surface area contributed by atoms with E-state index in [4.69, 9.17) is 5.73 Å². The van der Waals surface area contributed by atoms with Gasteiger partial charge in [-0.1, -0.05) is 12.1 Å². The fourth-order valence-corrected chi connectivity index (χ4v) is 1.24. The molecule has 0 fully saturated rings. The Labute approximate surface area is 77.8 Å². The van der Waals surface area contributed by atoms with Gasteiger partial charge in [0.25, 0.3) is 0 Å². The molecule has 0 heterocycles. The van der Waals surface area contributed by atoms with Gasteiger partial charge in [-0.25, -0.2) is 0 Å². The number of rotatable bonds is 2. The lowest BCUT2D eigenvalue weighted by atomic mass is 9.99. The molecule has 0 aliphatic carbocycles. The van der Waals surface area contributed by atoms with Crippen LogP contribution in [0.2, 0.25) is 0 Å². The van der Waals surface area contributed by atoms with E-state index in [9.17, 15) is 10.2 Å². The minimum Gasteiger partial charge on any atom is -0.508 e. The number of aromatic hydroxyl groups is 1. The van der Waals surface area contributed by atoms with Crippen molar-refractivity contribution >= 4 is 0 Å². The standard InChI is InChI=1S/C10H15NO2/c1-6-8(10(13)7(2)11)4-3-5-9(6)12/h3-5,7,10,12-13H,11H2,1-2H3. The molecule has 1 aromatic rings. The lowest BCUT2D eigenvalue weighted by molar-refractivity contribution is 0.152. The van der Waals surface area contributed by atoms with Crippen molar-refractivity contribution < 1.29 is 10.2 Å². The second-order valence-electron chi connectivity index (χ2n) is 3.30. The van der Waals surface area contributed by atoms with E-state index in [0.717, 1.165) is 0 Å². The van der Waals surface area contributed by atoms with Gasteiger partial charge in [-0.05, 0) is 31.0 Å². The second-order valence-corrected chi connectivity index (χ2v) is 3.30. The Morgan fingerprint density at radius 3 is 2.54 bits per heavy atom. The molecule has 2 atom stereocenters. The summed E-state index contributed by atoms with van der Waals surface area (Å²) in [5.74, 6) is 0.192. The van der Waals surface area contributed by atoms with Gasteiger partial charge in [0.05, 0.1) is 6.10 Å². The van der Waals surface area contributed by atoms with Crippen LogP contribution in [0.5, 0.6) is 5.75 Å². The first-order valence-corrected chi connectivity index (χ1v) is 4.26. The van der Waals surface area contributed by atoms with Crippen LogP contribution < -0.4 is 5.73 Å². The summed E-state index contributed by atoms with van der Waals surface area (Å²) < 4.78 is 0. The number of nitrogens with two attached hydrogens (primary N) is 1. The lowest BCUT2D eigenvalue weighted by Crippen LogP contribution is -2.24. The minimum absolute atomic E-state index is 0.192. The molecule has 72 valence electrons. The molecular weight excluding hydrogens is 166 g/mol. The van der Waals surface area contributed by atoms with Gasteiger partial charge in [0.1, 0.15) is 5.75 Å². The van der Waals surface area contributed by atoms with Crippen molar-refractivity contribution in [3.63, 3.8) is 0 Å². The molecule has 0 saturated heterocycles. The van der Waals surface area contributed by atoms with Crippen LogP contribution >= 0.6 is 0 Å². The quantitative estimate of drug-likeness (QED) is 0.639. The highest BCUT2D eigenvalue weighted by Gasteiger charge is 2.15. The Kier molecular flexibility index (Phi) is 2.90. The fraction of sp³-hybridized carbons (Fsp3) is 0.400. The third-order valence-electron chi connectivity index (χ3n) is 2.16. The van der Waals surface area contributed by atoms with Crippen molar-refractivity contribution in [1.82, 2.24) is 0 Å². The van der Waals surface area contributed by atoms with Gasteiger partial charge in [0.2, 0.25) is 0 Å². The predicted molar refractivity (Wildman–Crippen MR) is 51.5 cm³/mol. The van der Waals surface area contributed by atoms with Gasteiger partial charge in [-0.3, -0.25) is 0 Å². The SMILES string of the molecule is Cc1c(O)cccc1C(O)C(C)N. The first kappa shape index (κ1) is 10.0. The summed E-state index contributed by atoms with van der Waals surface area (Å²) >= 11 is 0. The predicted octanol–water partition coefficient (Wildman–Crippen LogP) is 1.08. The van der Waals surface area contributed by atoms with Gasteiger partial charge in [0.15, 0.2) is 0 Å². The van der Waals surface area contributed by atoms with Crippen molar-refractivity contribution in [3.8, 4) is 5.75 Å². The van der Waals surface area contributed by atoms with Crippen molar-refractivity contribution in [2.45, 2.75) is 26.0 Å². The van der Waals surface area contributed by atoms with Crippen LogP contribution in [0.1, 0.15) is 24.2 Å². The smallest absolute Gasteiger partial charge is 0.118 e. The molecule has 0 spiro atoms. The van der Waals surface area contributed by atoms with E-state index in [0.29, 0.717) is 11.1 Å². The van der Waals surface area contributed by atoms with Crippen molar-refractivity contribution in [2.24, 2.45) is 5.73 Å². The Morgan fingerprint density at radius 1 is 1.38 bits per heavy atom. The summed E-state index contributed by atoms with van der Waals surface area (Å²) in [6.07, 6.45) is -0.716. The second kappa shape index (κ2) is 3.77. The molecule has 3 nitrogen and oxygen atoms in total. The molecule has 2 unspecified atom stereocenters. The number of benzene rings is 1. The Morgan fingerprint density at radius 2 is 2.00 bits per heavy atom. The number of phenols is 1. The molecule has 0 saturated carbocycles. The maximum absolute atomic E-state index is 9.67. The summed E-state index contributed by atoms with van der Waals surface area (Å²) in [6.45, 7) is 3.49. The van der Waals surface area contributed by atoms with Crippen LogP contribution in [0.25, 0.3) is 0 Å². The average molecular weight is 181 g/mol. The highest BCUT2D eigenvalue weighted by atomic mass is 16.3. The van der Waals surface area contributed by atoms with Gasteiger partial charge < -0.3 is 15.9 Å². The molecule has 0 bridgehead atoms. The van der Waals surface area contributed by atoms with Crippen LogP contribution in [-0.2, 0) is 0 Å². The van der Waals surface area contributed by atoms with Crippen molar-refractivity contribution in [3.05, 3.63) is 29.3 Å². The zero-order chi connectivity index (χ0) is 10.0. The summed E-state index contributed by atoms with van der Waals surface area (Å²) in [5.41, 5.74) is 6.93. The number of aliphatic hydroxyl groups excluding tert-OH is 1. The molecule has 4 N–H and O–H groups in total. The maximum Gasteiger partial charge on any atom is 0.118 e. The van der Waals surface area contributed by atoms with E-state index in [1.165, 1.54) is 0 Å². The first-order valence-electron chi connectivity index (χ1n) is 4.26. The topological polar surface area (TPSA) is 66.5 Å². The van der Waals surface area contributed by atoms with Crippen LogP contribution in [0.15, 0.2) is 18.2 Å². The van der Waals surface area contributed by atoms with Crippen LogP contribution in [0, 0.1) is 6.92 Å². The third-order valence-corrected chi connectivity index (χ3v) is 2.16. The summed E-state index contributed by atoms with van der Waals surface area (Å²) in [4.78, 5) is 0. The molecule has 0 amide bonds. The summed E-state index contributed by atoms with van der Waals surface area (Å²) in [5, 5.41) is 19.0. The fourth-order valence-electron chi connectivity index (χ4n) is 1.24. The number of hydrogen-bond acceptors (Lipinski definition) is 3. The van der Waals surface area contributed by atoms with Gasteiger partial charge in [-0.2, -0.15) is 0 Å². The average Bonchev–Trinajstić information content (AvgIpc) is 2.08. The number of phenolic OH excluding ortho intramolecular Hbond substituents is 1. The van der Waals surface area contributed by atoms with E-state index in [1.807, 2.05) is 0 Å². The molecule has 0 aromatic heterocycles. The Hall–Kier alpha value is -1.06. The normalized spacial score (nSPS) is 15.4. The largest absolute Gasteiger partial charge is 0.508 e. The third kappa shape index (κ3) is 1.99.